The summed E-state index contributed by atoms with van der Waals surface area (Å²) in [5.41, 5.74) is 0.123. The van der Waals surface area contributed by atoms with E-state index in [1.165, 1.54) is 0 Å². The van der Waals surface area contributed by atoms with Crippen LogP contribution in [0.25, 0.3) is 0 Å². The van der Waals surface area contributed by atoms with Crippen LogP contribution in [0.2, 0.25) is 0 Å². The zero-order valence-corrected chi connectivity index (χ0v) is 14.4. The summed E-state index contributed by atoms with van der Waals surface area (Å²) < 4.78 is 3.24. The van der Waals surface area contributed by atoms with Gasteiger partial charge in [0.15, 0.2) is 0 Å². The van der Waals surface area contributed by atoms with Crippen molar-refractivity contribution in [3.8, 4) is 0 Å². The Morgan fingerprint density at radius 3 is 2.56 bits per heavy atom. The second kappa shape index (κ2) is 6.35. The van der Waals surface area contributed by atoms with Gasteiger partial charge in [-0.15, -0.1) is 0 Å². The lowest BCUT2D eigenvalue weighted by Crippen LogP contribution is -2.40. The fourth-order valence-corrected chi connectivity index (χ4v) is 2.84. The largest absolute Gasteiger partial charge is 0.313 e. The Labute approximate surface area is 125 Å². The van der Waals surface area contributed by atoms with E-state index in [1.54, 1.807) is 10.6 Å². The molecule has 0 fully saturated rings. The second-order valence-electron chi connectivity index (χ2n) is 5.70. The highest BCUT2D eigenvalue weighted by Gasteiger charge is 2.12. The van der Waals surface area contributed by atoms with Gasteiger partial charge < -0.3 is 9.88 Å². The molecule has 1 N–H and O–H groups in total. The summed E-state index contributed by atoms with van der Waals surface area (Å²) in [7, 11) is 0. The minimum atomic E-state index is 0.0146. The van der Waals surface area contributed by atoms with Crippen LogP contribution in [0.1, 0.15) is 27.7 Å². The molecular weight excluding hydrogens is 360 g/mol. The fourth-order valence-electron chi connectivity index (χ4n) is 1.58. The van der Waals surface area contributed by atoms with E-state index in [1.807, 2.05) is 6.20 Å². The minimum Gasteiger partial charge on any atom is -0.313 e. The Hall–Kier alpha value is -0.130. The number of pyridine rings is 1. The van der Waals surface area contributed by atoms with Gasteiger partial charge in [-0.2, -0.15) is 0 Å². The average Bonchev–Trinajstić information content (AvgIpc) is 2.21. The number of hydrogen-bond donors (Lipinski definition) is 1. The molecule has 0 amide bonds. The van der Waals surface area contributed by atoms with E-state index in [-0.39, 0.29) is 11.1 Å². The van der Waals surface area contributed by atoms with Crippen LogP contribution in [0.5, 0.6) is 0 Å². The first-order chi connectivity index (χ1) is 8.19. The number of nitrogens with zero attached hydrogens (tertiary/aromatic N) is 1. The molecule has 1 atom stereocenters. The van der Waals surface area contributed by atoms with Crippen LogP contribution in [0.4, 0.5) is 0 Å². The zero-order valence-electron chi connectivity index (χ0n) is 11.3. The van der Waals surface area contributed by atoms with Gasteiger partial charge in [0.25, 0.3) is 5.56 Å². The summed E-state index contributed by atoms with van der Waals surface area (Å²) in [6.45, 7) is 10.2. The molecule has 5 heteroatoms. The van der Waals surface area contributed by atoms with E-state index in [2.05, 4.69) is 64.9 Å². The lowest BCUT2D eigenvalue weighted by molar-refractivity contribution is 0.358. The standard InChI is InChI=1S/C13H20Br2N2O/c1-9(6-16-13(2,3)4)7-17-8-10(14)5-11(15)12(17)18/h5,8-9,16H,6-7H2,1-4H3. The van der Waals surface area contributed by atoms with Crippen LogP contribution >= 0.6 is 31.9 Å². The first-order valence-electron chi connectivity index (χ1n) is 5.99. The number of rotatable bonds is 4. The Bertz CT molecular complexity index is 463. The van der Waals surface area contributed by atoms with Crippen LogP contribution in [0.15, 0.2) is 26.0 Å². The molecule has 1 unspecified atom stereocenters. The average molecular weight is 380 g/mol. The number of nitrogens with one attached hydrogen (secondary N) is 1. The maximum atomic E-state index is 11.9. The van der Waals surface area contributed by atoms with Gasteiger partial charge in [-0.05, 0) is 71.2 Å². The van der Waals surface area contributed by atoms with Crippen molar-refractivity contribution in [3.05, 3.63) is 31.6 Å². The zero-order chi connectivity index (χ0) is 13.9. The van der Waals surface area contributed by atoms with Gasteiger partial charge >= 0.3 is 0 Å². The smallest absolute Gasteiger partial charge is 0.264 e. The Kier molecular flexibility index (Phi) is 5.62. The first-order valence-corrected chi connectivity index (χ1v) is 7.58. The predicted octanol–water partition coefficient (Wildman–Crippen LogP) is 3.40. The van der Waals surface area contributed by atoms with Crippen molar-refractivity contribution < 1.29 is 0 Å². The first kappa shape index (κ1) is 15.9. The molecule has 0 saturated carbocycles. The third-order valence-corrected chi connectivity index (χ3v) is 3.50. The van der Waals surface area contributed by atoms with E-state index >= 15 is 0 Å². The van der Waals surface area contributed by atoms with Crippen molar-refractivity contribution in [2.24, 2.45) is 5.92 Å². The van der Waals surface area contributed by atoms with Crippen LogP contribution in [0.3, 0.4) is 0 Å². The SMILES string of the molecule is CC(CNC(C)(C)C)Cn1cc(Br)cc(Br)c1=O. The molecule has 1 aromatic rings. The Balaban J connectivity index is 2.71. The predicted molar refractivity (Wildman–Crippen MR) is 83.0 cm³/mol. The topological polar surface area (TPSA) is 34.0 Å². The highest BCUT2D eigenvalue weighted by molar-refractivity contribution is 9.11. The quantitative estimate of drug-likeness (QED) is 0.869. The molecule has 3 nitrogen and oxygen atoms in total. The lowest BCUT2D eigenvalue weighted by Gasteiger charge is -2.23. The van der Waals surface area contributed by atoms with Gasteiger partial charge in [0.05, 0.1) is 4.47 Å². The van der Waals surface area contributed by atoms with E-state index in [0.717, 1.165) is 11.0 Å². The third-order valence-electron chi connectivity index (χ3n) is 2.50. The van der Waals surface area contributed by atoms with Gasteiger partial charge in [0.1, 0.15) is 0 Å². The molecule has 1 rings (SSSR count). The van der Waals surface area contributed by atoms with Crippen molar-refractivity contribution in [1.29, 1.82) is 0 Å². The van der Waals surface area contributed by atoms with E-state index in [0.29, 0.717) is 16.9 Å². The molecule has 1 heterocycles. The van der Waals surface area contributed by atoms with Crippen molar-refractivity contribution in [3.63, 3.8) is 0 Å². The fraction of sp³-hybridized carbons (Fsp3) is 0.615. The lowest BCUT2D eigenvalue weighted by atomic mass is 10.1. The minimum absolute atomic E-state index is 0.0146. The van der Waals surface area contributed by atoms with Crippen LogP contribution in [-0.2, 0) is 6.54 Å². The van der Waals surface area contributed by atoms with E-state index in [4.69, 9.17) is 0 Å². The second-order valence-corrected chi connectivity index (χ2v) is 7.47. The Morgan fingerprint density at radius 2 is 2.00 bits per heavy atom. The van der Waals surface area contributed by atoms with Gasteiger partial charge in [0, 0.05) is 22.8 Å². The monoisotopic (exact) mass is 378 g/mol. The molecule has 1 aromatic heterocycles. The van der Waals surface area contributed by atoms with Gasteiger partial charge in [-0.1, -0.05) is 6.92 Å². The molecule has 18 heavy (non-hydrogen) atoms. The van der Waals surface area contributed by atoms with E-state index in [9.17, 15) is 4.79 Å². The van der Waals surface area contributed by atoms with Crippen LogP contribution < -0.4 is 10.9 Å². The molecular formula is C13H20Br2N2O. The summed E-state index contributed by atoms with van der Waals surface area (Å²) in [5.74, 6) is 0.392. The molecule has 0 aliphatic heterocycles. The maximum absolute atomic E-state index is 11.9. The summed E-state index contributed by atoms with van der Waals surface area (Å²) in [4.78, 5) is 11.9. The molecule has 0 spiro atoms. The maximum Gasteiger partial charge on any atom is 0.264 e. The van der Waals surface area contributed by atoms with Crippen molar-refractivity contribution in [1.82, 2.24) is 9.88 Å². The van der Waals surface area contributed by atoms with Crippen molar-refractivity contribution in [2.75, 3.05) is 6.54 Å². The molecule has 0 radical (unpaired) electrons. The van der Waals surface area contributed by atoms with Crippen molar-refractivity contribution >= 4 is 31.9 Å². The molecule has 0 aliphatic carbocycles. The molecule has 0 aliphatic rings. The molecule has 0 saturated heterocycles. The normalized spacial score (nSPS) is 13.7. The summed E-state index contributed by atoms with van der Waals surface area (Å²) in [6, 6.07) is 1.77. The van der Waals surface area contributed by atoms with Crippen LogP contribution in [-0.4, -0.2) is 16.7 Å². The molecule has 102 valence electrons. The van der Waals surface area contributed by atoms with Crippen LogP contribution in [0, 0.1) is 5.92 Å². The highest BCUT2D eigenvalue weighted by atomic mass is 79.9. The molecule has 0 aromatic carbocycles. The van der Waals surface area contributed by atoms with Crippen molar-refractivity contribution in [2.45, 2.75) is 39.8 Å². The van der Waals surface area contributed by atoms with Gasteiger partial charge in [-0.25, -0.2) is 0 Å². The third kappa shape index (κ3) is 5.24. The van der Waals surface area contributed by atoms with Gasteiger partial charge in [0.2, 0.25) is 0 Å². The summed E-state index contributed by atoms with van der Waals surface area (Å²) in [5, 5.41) is 3.45. The number of aromatic nitrogens is 1. The molecule has 0 bridgehead atoms. The summed E-state index contributed by atoms with van der Waals surface area (Å²) >= 11 is 6.68. The van der Waals surface area contributed by atoms with Gasteiger partial charge in [-0.3, -0.25) is 4.79 Å². The highest BCUT2D eigenvalue weighted by Crippen LogP contribution is 2.13. The Morgan fingerprint density at radius 1 is 1.39 bits per heavy atom. The number of hydrogen-bond acceptors (Lipinski definition) is 2. The van der Waals surface area contributed by atoms with E-state index < -0.39 is 0 Å². The number of halogens is 2. The summed E-state index contributed by atoms with van der Waals surface area (Å²) in [6.07, 6.45) is 1.83.